The van der Waals surface area contributed by atoms with E-state index in [1.54, 1.807) is 47.6 Å². The lowest BCUT2D eigenvalue weighted by atomic mass is 10.0. The van der Waals surface area contributed by atoms with Gasteiger partial charge in [0, 0.05) is 22.3 Å². The fraction of sp³-hybridized carbons (Fsp3) is 0.440. The number of aliphatic carboxylic acids is 1. The fourth-order valence-corrected chi connectivity index (χ4v) is 3.98. The number of amides is 2. The smallest absolute Gasteiger partial charge is 0.424 e. The summed E-state index contributed by atoms with van der Waals surface area (Å²) in [6.45, 7) is 10.0. The predicted molar refractivity (Wildman–Crippen MR) is 131 cm³/mol. The Morgan fingerprint density at radius 2 is 1.57 bits per heavy atom. The van der Waals surface area contributed by atoms with E-state index < -0.39 is 41.0 Å². The number of carbonyl (C=O) groups is 3. The van der Waals surface area contributed by atoms with Gasteiger partial charge in [0.25, 0.3) is 5.56 Å². The number of rotatable bonds is 3. The van der Waals surface area contributed by atoms with Gasteiger partial charge in [-0.2, -0.15) is 4.90 Å². The van der Waals surface area contributed by atoms with Crippen molar-refractivity contribution in [1.29, 1.82) is 0 Å². The molecule has 0 spiro atoms. The zero-order valence-electron chi connectivity index (χ0n) is 20.5. The Hall–Kier alpha value is -3.33. The van der Waals surface area contributed by atoms with E-state index >= 15 is 0 Å². The van der Waals surface area contributed by atoms with Crippen molar-refractivity contribution in [3.8, 4) is 11.1 Å². The van der Waals surface area contributed by atoms with Crippen LogP contribution in [0, 0.1) is 0 Å². The van der Waals surface area contributed by atoms with Crippen LogP contribution in [0.5, 0.6) is 0 Å². The highest BCUT2D eigenvalue weighted by atomic mass is 35.5. The molecule has 1 aromatic carbocycles. The number of benzene rings is 1. The van der Waals surface area contributed by atoms with E-state index in [1.165, 1.54) is 28.8 Å². The van der Waals surface area contributed by atoms with Crippen molar-refractivity contribution in [2.45, 2.75) is 71.6 Å². The summed E-state index contributed by atoms with van der Waals surface area (Å²) >= 11 is 6.25. The molecule has 2 amide bonds. The Balaban J connectivity index is 2.19. The molecule has 0 unspecified atom stereocenters. The Kier molecular flexibility index (Phi) is 7.04. The average Bonchev–Trinajstić information content (AvgIpc) is 3.11. The number of nitrogens with zero attached hydrogens (tertiary/aromatic N) is 2. The lowest BCUT2D eigenvalue weighted by Gasteiger charge is -2.29. The molecule has 0 radical (unpaired) electrons. The molecule has 2 aromatic rings. The number of anilines is 1. The van der Waals surface area contributed by atoms with Crippen LogP contribution in [-0.4, -0.2) is 39.0 Å². The lowest BCUT2D eigenvalue weighted by Crippen LogP contribution is -2.44. The van der Waals surface area contributed by atoms with Crippen LogP contribution in [0.15, 0.2) is 35.1 Å². The first-order chi connectivity index (χ1) is 16.1. The molecule has 35 heavy (non-hydrogen) atoms. The van der Waals surface area contributed by atoms with Gasteiger partial charge in [0.15, 0.2) is 0 Å². The summed E-state index contributed by atoms with van der Waals surface area (Å²) in [7, 11) is 0. The summed E-state index contributed by atoms with van der Waals surface area (Å²) < 4.78 is 12.2. The van der Waals surface area contributed by atoms with Crippen molar-refractivity contribution in [3.63, 3.8) is 0 Å². The summed E-state index contributed by atoms with van der Waals surface area (Å²) in [4.78, 5) is 51.6. The van der Waals surface area contributed by atoms with E-state index in [4.69, 9.17) is 21.1 Å². The molecular weight excluding hydrogens is 476 g/mol. The third-order valence-electron chi connectivity index (χ3n) is 5.08. The molecule has 0 saturated carbocycles. The van der Waals surface area contributed by atoms with Crippen LogP contribution in [0.4, 0.5) is 15.3 Å². The molecule has 0 saturated heterocycles. The van der Waals surface area contributed by atoms with Crippen molar-refractivity contribution < 1.29 is 29.0 Å². The zero-order chi connectivity index (χ0) is 26.3. The number of imide groups is 1. The quantitative estimate of drug-likeness (QED) is 0.593. The standard InChI is InChI=1S/C25H29ClN2O7/c1-24(2,3)34-22(32)28(23(33)35-25(4,5)6)18-9-7-15(26)13-17(18)14-11-16-8-10-19(21(30)31)27(16)20(29)12-14/h7,9,11-13,19H,8,10H2,1-6H3,(H,30,31)/t19-/m0/s1. The van der Waals surface area contributed by atoms with Gasteiger partial charge in [-0.3, -0.25) is 9.36 Å². The first-order valence-corrected chi connectivity index (χ1v) is 11.5. The minimum atomic E-state index is -1.08. The van der Waals surface area contributed by atoms with Crippen LogP contribution < -0.4 is 10.5 Å². The number of ether oxygens (including phenoxy) is 2. The van der Waals surface area contributed by atoms with Crippen LogP contribution in [0.2, 0.25) is 5.02 Å². The molecule has 1 atom stereocenters. The topological polar surface area (TPSA) is 115 Å². The molecule has 1 aliphatic heterocycles. The van der Waals surface area contributed by atoms with Crippen molar-refractivity contribution in [2.75, 3.05) is 4.90 Å². The second-order valence-corrected chi connectivity index (χ2v) is 10.7. The number of aryl methyl sites for hydroxylation is 1. The predicted octanol–water partition coefficient (Wildman–Crippen LogP) is 5.42. The van der Waals surface area contributed by atoms with Gasteiger partial charge in [0.05, 0.1) is 5.69 Å². The number of hydrogen-bond donors (Lipinski definition) is 1. The molecule has 9 nitrogen and oxygen atoms in total. The largest absolute Gasteiger partial charge is 0.480 e. The summed E-state index contributed by atoms with van der Waals surface area (Å²) in [6, 6.07) is 6.49. The Morgan fingerprint density at radius 1 is 1.00 bits per heavy atom. The molecule has 0 fully saturated rings. The Morgan fingerprint density at radius 3 is 2.09 bits per heavy atom. The number of carbonyl (C=O) groups excluding carboxylic acids is 2. The second kappa shape index (κ2) is 9.37. The average molecular weight is 505 g/mol. The third-order valence-corrected chi connectivity index (χ3v) is 5.32. The van der Waals surface area contributed by atoms with Crippen molar-refractivity contribution >= 4 is 35.4 Å². The number of fused-ring (bicyclic) bond motifs is 1. The van der Waals surface area contributed by atoms with Crippen LogP contribution in [0.3, 0.4) is 0 Å². The number of carboxylic acid groups (broad SMARTS) is 1. The molecule has 2 heterocycles. The highest BCUT2D eigenvalue weighted by molar-refractivity contribution is 6.31. The SMILES string of the molecule is CC(C)(C)OC(=O)N(C(=O)OC(C)(C)C)c1ccc(Cl)cc1-c1cc2n(c(=O)c1)[C@H](C(=O)O)CC2. The maximum absolute atomic E-state index is 13.2. The lowest BCUT2D eigenvalue weighted by molar-refractivity contribution is -0.140. The van der Waals surface area contributed by atoms with E-state index in [-0.39, 0.29) is 5.69 Å². The van der Waals surface area contributed by atoms with Gasteiger partial charge in [0.1, 0.15) is 17.2 Å². The number of halogens is 1. The molecule has 0 aliphatic carbocycles. The molecule has 1 aromatic heterocycles. The van der Waals surface area contributed by atoms with Gasteiger partial charge in [-0.05, 0) is 84.2 Å². The van der Waals surface area contributed by atoms with Gasteiger partial charge >= 0.3 is 18.2 Å². The van der Waals surface area contributed by atoms with Gasteiger partial charge in [-0.25, -0.2) is 14.4 Å². The van der Waals surface area contributed by atoms with Gasteiger partial charge in [-0.1, -0.05) is 11.6 Å². The number of aromatic nitrogens is 1. The van der Waals surface area contributed by atoms with E-state index in [2.05, 4.69) is 0 Å². The van der Waals surface area contributed by atoms with Crippen molar-refractivity contribution in [3.05, 3.63) is 51.4 Å². The number of carboxylic acids is 1. The summed E-state index contributed by atoms with van der Waals surface area (Å²) in [6.07, 6.45) is -1.24. The summed E-state index contributed by atoms with van der Waals surface area (Å²) in [5, 5.41) is 9.75. The second-order valence-electron chi connectivity index (χ2n) is 10.3. The van der Waals surface area contributed by atoms with Crippen molar-refractivity contribution in [1.82, 2.24) is 4.57 Å². The van der Waals surface area contributed by atoms with Crippen LogP contribution in [-0.2, 0) is 20.7 Å². The number of pyridine rings is 1. The molecular formula is C25H29ClN2O7. The zero-order valence-corrected chi connectivity index (χ0v) is 21.3. The number of hydrogen-bond acceptors (Lipinski definition) is 6. The van der Waals surface area contributed by atoms with Crippen LogP contribution in [0.25, 0.3) is 11.1 Å². The minimum Gasteiger partial charge on any atom is -0.480 e. The van der Waals surface area contributed by atoms with Crippen LogP contribution >= 0.6 is 11.6 Å². The third kappa shape index (κ3) is 6.03. The minimum absolute atomic E-state index is 0.107. The maximum atomic E-state index is 13.2. The first kappa shape index (κ1) is 26.3. The van der Waals surface area contributed by atoms with E-state index in [0.29, 0.717) is 34.7 Å². The monoisotopic (exact) mass is 504 g/mol. The normalized spacial score (nSPS) is 15.3. The van der Waals surface area contributed by atoms with E-state index in [1.807, 2.05) is 0 Å². The molecule has 1 aliphatic rings. The molecule has 1 N–H and O–H groups in total. The van der Waals surface area contributed by atoms with Crippen LogP contribution in [0.1, 0.15) is 59.7 Å². The Bertz CT molecular complexity index is 1210. The molecule has 0 bridgehead atoms. The molecule has 10 heteroatoms. The van der Waals surface area contributed by atoms with Gasteiger partial charge in [-0.15, -0.1) is 0 Å². The maximum Gasteiger partial charge on any atom is 0.424 e. The molecule has 3 rings (SSSR count). The summed E-state index contributed by atoms with van der Waals surface area (Å²) in [5.41, 5.74) is -0.976. The van der Waals surface area contributed by atoms with E-state index in [9.17, 15) is 24.3 Å². The molecule has 188 valence electrons. The fourth-order valence-electron chi connectivity index (χ4n) is 3.81. The highest BCUT2D eigenvalue weighted by Gasteiger charge is 2.35. The Labute approximate surface area is 208 Å². The van der Waals surface area contributed by atoms with E-state index in [0.717, 1.165) is 4.90 Å². The first-order valence-electron chi connectivity index (χ1n) is 11.1. The van der Waals surface area contributed by atoms with Crippen molar-refractivity contribution in [2.24, 2.45) is 0 Å². The highest BCUT2D eigenvalue weighted by Crippen LogP contribution is 2.36. The summed E-state index contributed by atoms with van der Waals surface area (Å²) in [5.74, 6) is -1.08. The van der Waals surface area contributed by atoms with Gasteiger partial charge in [0.2, 0.25) is 0 Å². The van der Waals surface area contributed by atoms with Gasteiger partial charge < -0.3 is 14.6 Å².